The Hall–Kier alpha value is -1.61. The second-order valence-corrected chi connectivity index (χ2v) is 3.63. The van der Waals surface area contributed by atoms with Gasteiger partial charge in [-0.3, -0.25) is 4.79 Å². The van der Waals surface area contributed by atoms with Crippen LogP contribution in [0.3, 0.4) is 0 Å². The lowest BCUT2D eigenvalue weighted by Gasteiger charge is -2.01. The highest BCUT2D eigenvalue weighted by molar-refractivity contribution is 5.99. The Bertz CT molecular complexity index is 454. The monoisotopic (exact) mass is 204 g/mol. The van der Waals surface area contributed by atoms with Crippen LogP contribution in [0.5, 0.6) is 0 Å². The number of fused-ring (bicyclic) bond motifs is 1. The lowest BCUT2D eigenvalue weighted by molar-refractivity contribution is -0.645. The summed E-state index contributed by atoms with van der Waals surface area (Å²) in [7, 11) is 1.88. The molecule has 1 aromatic carbocycles. The Balaban J connectivity index is 2.41. The topological polar surface area (TPSA) is 46.8 Å². The van der Waals surface area contributed by atoms with E-state index in [9.17, 15) is 4.79 Å². The van der Waals surface area contributed by atoms with Gasteiger partial charge >= 0.3 is 0 Å². The molecule has 0 aliphatic heterocycles. The summed E-state index contributed by atoms with van der Waals surface area (Å²) in [5, 5.41) is 2.85. The predicted octanol–water partition coefficient (Wildman–Crippen LogP) is 1.20. The van der Waals surface area contributed by atoms with Crippen molar-refractivity contribution in [3.63, 3.8) is 0 Å². The molecule has 78 valence electrons. The van der Waals surface area contributed by atoms with Crippen molar-refractivity contribution < 1.29 is 14.5 Å². The number of carbonyl (C=O) groups is 1. The largest absolute Gasteiger partial charge is 0.453 e. The highest BCUT2D eigenvalue weighted by atomic mass is 16.3. The highest BCUT2D eigenvalue weighted by Crippen LogP contribution is 2.19. The van der Waals surface area contributed by atoms with E-state index in [-0.39, 0.29) is 11.8 Å². The number of ketones is 1. The zero-order valence-electron chi connectivity index (χ0n) is 8.86. The number of nitrogens with two attached hydrogens (primary N) is 1. The minimum absolute atomic E-state index is 0.0358. The van der Waals surface area contributed by atoms with Gasteiger partial charge in [-0.25, -0.2) is 0 Å². The van der Waals surface area contributed by atoms with Crippen LogP contribution in [0.4, 0.5) is 0 Å². The maximum Gasteiger partial charge on any atom is 0.254 e. The Labute approximate surface area is 88.1 Å². The maximum absolute atomic E-state index is 11.8. The first-order chi connectivity index (χ1) is 7.22. The molecule has 0 spiro atoms. The van der Waals surface area contributed by atoms with Gasteiger partial charge in [0.15, 0.2) is 5.76 Å². The number of hydrogen-bond donors (Lipinski definition) is 1. The van der Waals surface area contributed by atoms with Gasteiger partial charge in [-0.2, -0.15) is 0 Å². The summed E-state index contributed by atoms with van der Waals surface area (Å²) in [5.74, 6) is 0.482. The van der Waals surface area contributed by atoms with Gasteiger partial charge in [0.05, 0.1) is 7.05 Å². The molecule has 0 amide bonds. The summed E-state index contributed by atoms with van der Waals surface area (Å²) < 4.78 is 5.48. The van der Waals surface area contributed by atoms with Crippen molar-refractivity contribution in [1.29, 1.82) is 0 Å². The molecule has 15 heavy (non-hydrogen) atoms. The fraction of sp³-hybridized carbons (Fsp3) is 0.250. The third-order valence-corrected chi connectivity index (χ3v) is 2.58. The van der Waals surface area contributed by atoms with Crippen LogP contribution in [0.1, 0.15) is 17.5 Å². The van der Waals surface area contributed by atoms with Crippen LogP contribution in [-0.2, 0) is 0 Å². The molecule has 0 aliphatic rings. The fourth-order valence-corrected chi connectivity index (χ4v) is 1.48. The van der Waals surface area contributed by atoms with Crippen LogP contribution >= 0.6 is 0 Å². The van der Waals surface area contributed by atoms with Gasteiger partial charge < -0.3 is 9.73 Å². The van der Waals surface area contributed by atoms with Crippen LogP contribution < -0.4 is 5.32 Å². The zero-order chi connectivity index (χ0) is 10.8. The van der Waals surface area contributed by atoms with Crippen molar-refractivity contribution in [2.75, 3.05) is 7.05 Å². The number of rotatable bonds is 3. The van der Waals surface area contributed by atoms with E-state index in [0.717, 1.165) is 11.0 Å². The molecule has 0 fully saturated rings. The Kier molecular flexibility index (Phi) is 2.56. The lowest BCUT2D eigenvalue weighted by atomic mass is 10.1. The molecular weight excluding hydrogens is 190 g/mol. The summed E-state index contributed by atoms with van der Waals surface area (Å²) in [6.07, 6.45) is 0. The molecule has 2 N–H and O–H groups in total. The molecule has 0 aliphatic carbocycles. The minimum Gasteiger partial charge on any atom is -0.453 e. The molecule has 1 atom stereocenters. The average molecular weight is 204 g/mol. The van der Waals surface area contributed by atoms with Gasteiger partial charge in [0, 0.05) is 5.39 Å². The van der Waals surface area contributed by atoms with E-state index in [4.69, 9.17) is 4.42 Å². The second-order valence-electron chi connectivity index (χ2n) is 3.63. The molecule has 0 radical (unpaired) electrons. The number of furan rings is 1. The first-order valence-electron chi connectivity index (χ1n) is 5.04. The van der Waals surface area contributed by atoms with Gasteiger partial charge in [-0.15, -0.1) is 0 Å². The molecule has 3 heteroatoms. The molecule has 3 nitrogen and oxygen atoms in total. The number of para-hydroxylation sites is 1. The summed E-state index contributed by atoms with van der Waals surface area (Å²) in [5.41, 5.74) is 0.768. The van der Waals surface area contributed by atoms with Crippen molar-refractivity contribution in [2.24, 2.45) is 0 Å². The van der Waals surface area contributed by atoms with E-state index in [1.54, 1.807) is 6.07 Å². The van der Waals surface area contributed by atoms with Crippen LogP contribution in [0.15, 0.2) is 34.7 Å². The summed E-state index contributed by atoms with van der Waals surface area (Å²) in [6.45, 7) is 1.87. The summed E-state index contributed by atoms with van der Waals surface area (Å²) in [6, 6.07) is 9.35. The third kappa shape index (κ3) is 1.78. The molecule has 1 heterocycles. The van der Waals surface area contributed by atoms with Crippen molar-refractivity contribution in [2.45, 2.75) is 13.0 Å². The first kappa shape index (κ1) is 9.93. The van der Waals surface area contributed by atoms with E-state index in [2.05, 4.69) is 0 Å². The van der Waals surface area contributed by atoms with Crippen molar-refractivity contribution in [3.8, 4) is 0 Å². The Morgan fingerprint density at radius 2 is 2.13 bits per heavy atom. The molecule has 1 unspecified atom stereocenters. The van der Waals surface area contributed by atoms with E-state index >= 15 is 0 Å². The van der Waals surface area contributed by atoms with E-state index < -0.39 is 0 Å². The SMILES string of the molecule is C[NH2+]C(C)C(=O)c1cc2ccccc2o1. The fourth-order valence-electron chi connectivity index (χ4n) is 1.48. The molecule has 0 saturated heterocycles. The molecule has 2 aromatic rings. The van der Waals surface area contributed by atoms with Gasteiger partial charge in [-0.05, 0) is 19.1 Å². The van der Waals surface area contributed by atoms with Crippen LogP contribution in [0, 0.1) is 0 Å². The molecular formula is C12H14NO2+. The number of Topliss-reactive ketones (excluding diaryl/α,β-unsaturated/α-hetero) is 1. The standard InChI is InChI=1S/C12H13NO2/c1-8(13-2)12(14)11-7-9-5-3-4-6-10(9)15-11/h3-8,13H,1-2H3/p+1. The minimum atomic E-state index is -0.0921. The van der Waals surface area contributed by atoms with E-state index in [0.29, 0.717) is 5.76 Å². The molecule has 1 aromatic heterocycles. The van der Waals surface area contributed by atoms with E-state index in [1.807, 2.05) is 43.6 Å². The van der Waals surface area contributed by atoms with Gasteiger partial charge in [0.25, 0.3) is 5.78 Å². The molecule has 0 saturated carbocycles. The number of quaternary nitrogens is 1. The highest BCUT2D eigenvalue weighted by Gasteiger charge is 2.20. The van der Waals surface area contributed by atoms with Gasteiger partial charge in [0.2, 0.25) is 0 Å². The molecule has 0 bridgehead atoms. The average Bonchev–Trinajstić information content (AvgIpc) is 2.70. The number of benzene rings is 1. The van der Waals surface area contributed by atoms with Gasteiger partial charge in [-0.1, -0.05) is 18.2 Å². The number of carbonyl (C=O) groups excluding carboxylic acids is 1. The van der Waals surface area contributed by atoms with E-state index in [1.165, 1.54) is 0 Å². The van der Waals surface area contributed by atoms with Crippen LogP contribution in [0.25, 0.3) is 11.0 Å². The molecule has 2 rings (SSSR count). The predicted molar refractivity (Wildman–Crippen MR) is 57.9 cm³/mol. The second kappa shape index (κ2) is 3.87. The maximum atomic E-state index is 11.8. The van der Waals surface area contributed by atoms with Crippen molar-refractivity contribution in [3.05, 3.63) is 36.1 Å². The van der Waals surface area contributed by atoms with Crippen LogP contribution in [-0.4, -0.2) is 18.9 Å². The quantitative estimate of drug-likeness (QED) is 0.763. The third-order valence-electron chi connectivity index (χ3n) is 2.58. The summed E-state index contributed by atoms with van der Waals surface area (Å²) >= 11 is 0. The normalized spacial score (nSPS) is 12.9. The smallest absolute Gasteiger partial charge is 0.254 e. The lowest BCUT2D eigenvalue weighted by Crippen LogP contribution is -2.87. The van der Waals surface area contributed by atoms with Crippen LogP contribution in [0.2, 0.25) is 0 Å². The van der Waals surface area contributed by atoms with Crippen molar-refractivity contribution in [1.82, 2.24) is 0 Å². The Morgan fingerprint density at radius 3 is 2.80 bits per heavy atom. The Morgan fingerprint density at radius 1 is 1.40 bits per heavy atom. The van der Waals surface area contributed by atoms with Gasteiger partial charge in [0.1, 0.15) is 11.6 Å². The number of likely N-dealkylation sites (N-methyl/N-ethyl adjacent to an activating group) is 1. The number of hydrogen-bond acceptors (Lipinski definition) is 2. The van der Waals surface area contributed by atoms with Crippen molar-refractivity contribution >= 4 is 16.8 Å². The first-order valence-corrected chi connectivity index (χ1v) is 5.04. The summed E-state index contributed by atoms with van der Waals surface area (Å²) in [4.78, 5) is 11.8. The zero-order valence-corrected chi connectivity index (χ0v) is 8.86.